The van der Waals surface area contributed by atoms with Gasteiger partial charge < -0.3 is 14.4 Å². The summed E-state index contributed by atoms with van der Waals surface area (Å²) in [4.78, 5) is 23.2. The molecule has 1 fully saturated rings. The molecule has 1 aliphatic rings. The van der Waals surface area contributed by atoms with Gasteiger partial charge in [-0.25, -0.2) is 9.18 Å². The molecule has 3 aromatic rings. The van der Waals surface area contributed by atoms with E-state index in [1.165, 1.54) is 12.1 Å². The third-order valence-corrected chi connectivity index (χ3v) is 4.40. The van der Waals surface area contributed by atoms with Gasteiger partial charge in [-0.2, -0.15) is 0 Å². The Balaban J connectivity index is 1.82. The summed E-state index contributed by atoms with van der Waals surface area (Å²) in [6.07, 6.45) is 1.71. The summed E-state index contributed by atoms with van der Waals surface area (Å²) in [5.41, 5.74) is 2.14. The first-order chi connectivity index (χ1) is 12.5. The van der Waals surface area contributed by atoms with E-state index in [1.54, 1.807) is 18.3 Å². The number of ketones is 1. The molecule has 2 heterocycles. The first kappa shape index (κ1) is 16.1. The van der Waals surface area contributed by atoms with Gasteiger partial charge in [0.1, 0.15) is 18.2 Å². The van der Waals surface area contributed by atoms with Crippen LogP contribution in [0.5, 0.6) is 0 Å². The van der Waals surface area contributed by atoms with Gasteiger partial charge in [0.25, 0.3) is 5.78 Å². The zero-order valence-electron chi connectivity index (χ0n) is 13.6. The third kappa shape index (κ3) is 2.65. The molecule has 0 spiro atoms. The van der Waals surface area contributed by atoms with Crippen molar-refractivity contribution in [3.63, 3.8) is 0 Å². The van der Waals surface area contributed by atoms with Gasteiger partial charge in [0.2, 0.25) is 0 Å². The fourth-order valence-corrected chi connectivity index (χ4v) is 3.08. The van der Waals surface area contributed by atoms with E-state index < -0.39 is 11.8 Å². The van der Waals surface area contributed by atoms with Crippen LogP contribution in [-0.2, 0) is 20.9 Å². The number of hydrogen-bond acceptors (Lipinski definition) is 4. The summed E-state index contributed by atoms with van der Waals surface area (Å²) >= 11 is 0. The van der Waals surface area contributed by atoms with Crippen molar-refractivity contribution in [1.29, 1.82) is 0 Å². The Morgan fingerprint density at radius 2 is 1.85 bits per heavy atom. The highest BCUT2D eigenvalue weighted by Gasteiger charge is 2.33. The second-order valence-corrected chi connectivity index (χ2v) is 6.05. The number of ether oxygens (including phenoxy) is 1. The lowest BCUT2D eigenvalue weighted by molar-refractivity contribution is -0.146. The smallest absolute Gasteiger partial charge is 0.379 e. The molecule has 1 N–H and O–H groups in total. The van der Waals surface area contributed by atoms with Crippen LogP contribution in [0, 0.1) is 5.82 Å². The highest BCUT2D eigenvalue weighted by molar-refractivity contribution is 6.43. The number of halogens is 1. The predicted octanol–water partition coefficient (Wildman–Crippen LogP) is 3.22. The van der Waals surface area contributed by atoms with Crippen molar-refractivity contribution in [3.05, 3.63) is 77.2 Å². The van der Waals surface area contributed by atoms with Gasteiger partial charge in [0, 0.05) is 29.2 Å². The highest BCUT2D eigenvalue weighted by atomic mass is 19.1. The molecular formula is C20H14FNO4. The summed E-state index contributed by atoms with van der Waals surface area (Å²) in [7, 11) is 0. The minimum absolute atomic E-state index is 0.0420. The molecule has 6 heteroatoms. The molecular weight excluding hydrogens is 337 g/mol. The first-order valence-corrected chi connectivity index (χ1v) is 8.01. The van der Waals surface area contributed by atoms with E-state index in [2.05, 4.69) is 0 Å². The summed E-state index contributed by atoms with van der Waals surface area (Å²) in [6.45, 7) is 0.230. The minimum Gasteiger partial charge on any atom is -0.507 e. The van der Waals surface area contributed by atoms with Gasteiger partial charge in [-0.3, -0.25) is 4.79 Å². The molecule has 1 aromatic heterocycles. The molecule has 5 nitrogen and oxygen atoms in total. The van der Waals surface area contributed by atoms with E-state index in [-0.39, 0.29) is 23.8 Å². The number of fused-ring (bicyclic) bond motifs is 1. The topological polar surface area (TPSA) is 68.5 Å². The van der Waals surface area contributed by atoms with Crippen LogP contribution < -0.4 is 0 Å². The maximum atomic E-state index is 13.1. The van der Waals surface area contributed by atoms with Crippen LogP contribution in [-0.4, -0.2) is 28.0 Å². The number of Topliss-reactive ketones (excluding diaryl/α,β-unsaturated/α-hetero) is 1. The van der Waals surface area contributed by atoms with E-state index in [9.17, 15) is 19.1 Å². The van der Waals surface area contributed by atoms with Crippen LogP contribution in [0.25, 0.3) is 16.7 Å². The van der Waals surface area contributed by atoms with E-state index in [0.29, 0.717) is 12.1 Å². The number of carbonyl (C=O) groups is 2. The minimum atomic E-state index is -0.957. The quantitative estimate of drug-likeness (QED) is 0.340. The zero-order valence-corrected chi connectivity index (χ0v) is 13.6. The number of aromatic nitrogens is 1. The van der Waals surface area contributed by atoms with Crippen LogP contribution in [0.2, 0.25) is 0 Å². The average Bonchev–Trinajstić information content (AvgIpc) is 3.18. The van der Waals surface area contributed by atoms with Crippen molar-refractivity contribution < 1.29 is 23.8 Å². The summed E-state index contributed by atoms with van der Waals surface area (Å²) in [6, 6.07) is 13.6. The number of rotatable bonds is 3. The molecule has 0 aliphatic carbocycles. The van der Waals surface area contributed by atoms with E-state index in [4.69, 9.17) is 4.74 Å². The second kappa shape index (κ2) is 6.15. The van der Waals surface area contributed by atoms with Gasteiger partial charge in [-0.1, -0.05) is 30.3 Å². The number of para-hydroxylation sites is 1. The van der Waals surface area contributed by atoms with Crippen LogP contribution in [0.15, 0.2) is 60.3 Å². The lowest BCUT2D eigenvalue weighted by atomic mass is 10.1. The van der Waals surface area contributed by atoms with Crippen LogP contribution in [0.3, 0.4) is 0 Å². The molecule has 2 aromatic carbocycles. The second-order valence-electron chi connectivity index (χ2n) is 6.05. The summed E-state index contributed by atoms with van der Waals surface area (Å²) < 4.78 is 19.7. The number of aliphatic hydroxyl groups is 1. The maximum Gasteiger partial charge on any atom is 0.379 e. The Labute approximate surface area is 147 Å². The number of aliphatic hydroxyl groups excluding tert-OH is 1. The number of cyclic esters (lactones) is 1. The lowest BCUT2D eigenvalue weighted by Crippen LogP contribution is -2.07. The third-order valence-electron chi connectivity index (χ3n) is 4.40. The Kier molecular flexibility index (Phi) is 3.80. The number of nitrogens with zero attached hydrogens (tertiary/aromatic N) is 1. The van der Waals surface area contributed by atoms with Crippen molar-refractivity contribution in [2.24, 2.45) is 0 Å². The van der Waals surface area contributed by atoms with Crippen LogP contribution in [0.4, 0.5) is 4.39 Å². The molecule has 4 rings (SSSR count). The van der Waals surface area contributed by atoms with Crippen molar-refractivity contribution in [2.45, 2.75) is 6.54 Å². The standard InChI is InChI=1S/C20H14FNO4/c21-13-7-5-12(6-8-13)9-22-10-15(14-3-1-2-4-17(14)22)18(23)16-11-26-20(25)19(16)24/h1-8,10,23H,9,11H2/b18-16-. The van der Waals surface area contributed by atoms with Gasteiger partial charge >= 0.3 is 5.97 Å². The van der Waals surface area contributed by atoms with Crippen molar-refractivity contribution in [3.8, 4) is 0 Å². The molecule has 130 valence electrons. The Bertz CT molecular complexity index is 1060. The number of hydrogen-bond donors (Lipinski definition) is 1. The summed E-state index contributed by atoms with van der Waals surface area (Å²) in [5, 5.41) is 11.3. The molecule has 26 heavy (non-hydrogen) atoms. The first-order valence-electron chi connectivity index (χ1n) is 8.01. The van der Waals surface area contributed by atoms with Crippen LogP contribution in [0.1, 0.15) is 11.1 Å². The maximum absolute atomic E-state index is 13.1. The van der Waals surface area contributed by atoms with Gasteiger partial charge in [-0.05, 0) is 23.8 Å². The van der Waals surface area contributed by atoms with Crippen LogP contribution >= 0.6 is 0 Å². The van der Waals surface area contributed by atoms with Gasteiger partial charge in [0.05, 0.1) is 5.57 Å². The predicted molar refractivity (Wildman–Crippen MR) is 93.0 cm³/mol. The Hall–Kier alpha value is -3.41. The number of carbonyl (C=O) groups excluding carboxylic acids is 2. The summed E-state index contributed by atoms with van der Waals surface area (Å²) in [5.74, 6) is -2.34. The molecule has 0 amide bonds. The SMILES string of the molecule is O=C1OC/C(=C(/O)c2cn(Cc3ccc(F)cc3)c3ccccc23)C1=O. The zero-order chi connectivity index (χ0) is 18.3. The normalized spacial score (nSPS) is 16.2. The largest absolute Gasteiger partial charge is 0.507 e. The lowest BCUT2D eigenvalue weighted by Gasteiger charge is -2.05. The molecule has 1 saturated heterocycles. The van der Waals surface area contributed by atoms with Gasteiger partial charge in [-0.15, -0.1) is 0 Å². The Morgan fingerprint density at radius 1 is 1.12 bits per heavy atom. The number of esters is 1. The van der Waals surface area contributed by atoms with Crippen molar-refractivity contribution in [1.82, 2.24) is 4.57 Å². The molecule has 0 radical (unpaired) electrons. The Morgan fingerprint density at radius 3 is 2.54 bits per heavy atom. The van der Waals surface area contributed by atoms with Crippen molar-refractivity contribution in [2.75, 3.05) is 6.61 Å². The van der Waals surface area contributed by atoms with Gasteiger partial charge in [0.15, 0.2) is 0 Å². The molecule has 0 saturated carbocycles. The highest BCUT2D eigenvalue weighted by Crippen LogP contribution is 2.30. The van der Waals surface area contributed by atoms with E-state index in [0.717, 1.165) is 16.5 Å². The average molecular weight is 351 g/mol. The van der Waals surface area contributed by atoms with E-state index >= 15 is 0 Å². The molecule has 0 atom stereocenters. The molecule has 0 bridgehead atoms. The monoisotopic (exact) mass is 351 g/mol. The fraction of sp³-hybridized carbons (Fsp3) is 0.100. The fourth-order valence-electron chi connectivity index (χ4n) is 3.08. The number of benzene rings is 2. The van der Waals surface area contributed by atoms with E-state index in [1.807, 2.05) is 28.8 Å². The van der Waals surface area contributed by atoms with Crippen molar-refractivity contribution >= 4 is 28.4 Å². The molecule has 1 aliphatic heterocycles. The molecule has 0 unspecified atom stereocenters.